The van der Waals surface area contributed by atoms with Gasteiger partial charge in [0.2, 0.25) is 0 Å². The maximum Gasteiger partial charge on any atom is 0.192 e. The molecule has 0 saturated carbocycles. The van der Waals surface area contributed by atoms with E-state index in [1.807, 2.05) is 12.1 Å². The lowest BCUT2D eigenvalue weighted by Crippen LogP contribution is -2.06. The van der Waals surface area contributed by atoms with Gasteiger partial charge in [0.05, 0.1) is 17.7 Å². The summed E-state index contributed by atoms with van der Waals surface area (Å²) in [5.74, 6) is 0.151. The number of carbonyl (C=O) groups excluding carboxylic acids is 1. The third kappa shape index (κ3) is 2.33. The zero-order valence-corrected chi connectivity index (χ0v) is 9.33. The number of Topliss-reactive ketones (excluding diaryl/α,β-unsaturated/α-hetero) is 1. The lowest BCUT2D eigenvalue weighted by Gasteiger charge is -1.98. The Morgan fingerprint density at radius 1 is 1.53 bits per heavy atom. The Balaban J connectivity index is 2.08. The molecular formula is C11H12N2OS. The number of hydrogen-bond acceptors (Lipinski definition) is 3. The van der Waals surface area contributed by atoms with E-state index in [2.05, 4.69) is 11.9 Å². The summed E-state index contributed by atoms with van der Waals surface area (Å²) in [7, 11) is 0. The van der Waals surface area contributed by atoms with Gasteiger partial charge in [-0.05, 0) is 18.6 Å². The number of ketones is 1. The van der Waals surface area contributed by atoms with Crippen LogP contribution in [0.15, 0.2) is 30.9 Å². The highest BCUT2D eigenvalue weighted by Crippen LogP contribution is 2.17. The summed E-state index contributed by atoms with van der Waals surface area (Å²) in [6.45, 7) is 2.47. The highest BCUT2D eigenvalue weighted by atomic mass is 32.1. The molecule has 0 saturated heterocycles. The van der Waals surface area contributed by atoms with E-state index in [9.17, 15) is 4.79 Å². The molecule has 0 aliphatic heterocycles. The van der Waals surface area contributed by atoms with Gasteiger partial charge in [-0.2, -0.15) is 0 Å². The first-order valence-electron chi connectivity index (χ1n) is 4.87. The molecule has 2 rings (SSSR count). The van der Waals surface area contributed by atoms with E-state index >= 15 is 0 Å². The fraction of sp³-hybridized carbons (Fsp3) is 0.273. The van der Waals surface area contributed by atoms with Gasteiger partial charge in [-0.15, -0.1) is 11.3 Å². The average molecular weight is 220 g/mol. The third-order valence-electron chi connectivity index (χ3n) is 2.17. The maximum absolute atomic E-state index is 11.8. The van der Waals surface area contributed by atoms with Gasteiger partial charge >= 0.3 is 0 Å². The summed E-state index contributed by atoms with van der Waals surface area (Å²) in [5.41, 5.74) is 0. The van der Waals surface area contributed by atoms with E-state index in [0.717, 1.165) is 11.3 Å². The van der Waals surface area contributed by atoms with Crippen molar-refractivity contribution in [2.75, 3.05) is 0 Å². The minimum absolute atomic E-state index is 0.151. The molecule has 0 aromatic carbocycles. The molecule has 0 spiro atoms. The Kier molecular flexibility index (Phi) is 2.97. The number of aryl methyl sites for hydroxylation is 1. The van der Waals surface area contributed by atoms with Crippen LogP contribution in [-0.4, -0.2) is 15.3 Å². The van der Waals surface area contributed by atoms with Crippen molar-refractivity contribution in [3.63, 3.8) is 0 Å². The van der Waals surface area contributed by atoms with Crippen molar-refractivity contribution in [3.05, 3.63) is 40.6 Å². The molecule has 0 atom stereocenters. The smallest absolute Gasteiger partial charge is 0.192 e. The molecule has 0 aliphatic rings. The molecule has 2 heterocycles. The molecular weight excluding hydrogens is 208 g/mol. The Labute approximate surface area is 92.4 Å². The number of imidazole rings is 1. The molecule has 2 aromatic rings. The Morgan fingerprint density at radius 3 is 3.00 bits per heavy atom. The summed E-state index contributed by atoms with van der Waals surface area (Å²) in [4.78, 5) is 17.8. The molecule has 0 N–H and O–H groups in total. The van der Waals surface area contributed by atoms with Crippen molar-refractivity contribution in [1.82, 2.24) is 9.55 Å². The van der Waals surface area contributed by atoms with E-state index in [4.69, 9.17) is 0 Å². The molecule has 0 aliphatic carbocycles. The van der Waals surface area contributed by atoms with Crippen LogP contribution in [0.3, 0.4) is 0 Å². The molecule has 0 bridgehead atoms. The van der Waals surface area contributed by atoms with E-state index in [-0.39, 0.29) is 5.78 Å². The molecule has 0 radical (unpaired) electrons. The van der Waals surface area contributed by atoms with Crippen LogP contribution in [0.25, 0.3) is 0 Å². The van der Waals surface area contributed by atoms with Crippen LogP contribution in [0.1, 0.15) is 21.5 Å². The van der Waals surface area contributed by atoms with E-state index in [0.29, 0.717) is 6.54 Å². The van der Waals surface area contributed by atoms with E-state index in [1.165, 1.54) is 4.88 Å². The van der Waals surface area contributed by atoms with Crippen LogP contribution in [-0.2, 0) is 13.0 Å². The van der Waals surface area contributed by atoms with Crippen LogP contribution in [0, 0.1) is 0 Å². The van der Waals surface area contributed by atoms with Crippen molar-refractivity contribution < 1.29 is 4.79 Å². The molecule has 3 nitrogen and oxygen atoms in total. The molecule has 4 heteroatoms. The van der Waals surface area contributed by atoms with Crippen LogP contribution < -0.4 is 0 Å². The monoisotopic (exact) mass is 220 g/mol. The fourth-order valence-corrected chi connectivity index (χ4v) is 2.22. The molecule has 2 aromatic heterocycles. The Hall–Kier alpha value is -1.42. The highest BCUT2D eigenvalue weighted by molar-refractivity contribution is 7.14. The van der Waals surface area contributed by atoms with Gasteiger partial charge in [0, 0.05) is 17.3 Å². The normalized spacial score (nSPS) is 10.5. The van der Waals surface area contributed by atoms with Gasteiger partial charge in [0.25, 0.3) is 0 Å². The second-order valence-corrected chi connectivity index (χ2v) is 4.45. The van der Waals surface area contributed by atoms with Crippen molar-refractivity contribution in [3.8, 4) is 0 Å². The third-order valence-corrected chi connectivity index (χ3v) is 3.44. The van der Waals surface area contributed by atoms with E-state index < -0.39 is 0 Å². The molecule has 78 valence electrons. The lowest BCUT2D eigenvalue weighted by atomic mass is 10.3. The minimum Gasteiger partial charge on any atom is -0.330 e. The summed E-state index contributed by atoms with van der Waals surface area (Å²) >= 11 is 1.58. The van der Waals surface area contributed by atoms with Crippen molar-refractivity contribution in [2.24, 2.45) is 0 Å². The number of hydrogen-bond donors (Lipinski definition) is 0. The molecule has 0 amide bonds. The Bertz CT molecular complexity index is 445. The molecule has 15 heavy (non-hydrogen) atoms. The van der Waals surface area contributed by atoms with E-state index in [1.54, 1.807) is 34.6 Å². The maximum atomic E-state index is 11.8. The van der Waals surface area contributed by atoms with Gasteiger partial charge in [0.15, 0.2) is 5.78 Å². The van der Waals surface area contributed by atoms with Gasteiger partial charge in [0.1, 0.15) is 0 Å². The summed E-state index contributed by atoms with van der Waals surface area (Å²) in [6.07, 6.45) is 6.13. The first-order valence-corrected chi connectivity index (χ1v) is 5.69. The van der Waals surface area contributed by atoms with Crippen LogP contribution in [0.4, 0.5) is 0 Å². The first kappa shape index (κ1) is 10.1. The summed E-state index contributed by atoms with van der Waals surface area (Å²) in [6, 6.07) is 3.93. The first-order chi connectivity index (χ1) is 7.29. The summed E-state index contributed by atoms with van der Waals surface area (Å²) in [5, 5.41) is 0. The second kappa shape index (κ2) is 4.40. The standard InChI is InChI=1S/C11H12N2OS/c1-2-9-3-4-11(15-9)10(14)7-13-6-5-12-8-13/h3-6,8H,2,7H2,1H3. The van der Waals surface area contributed by atoms with Crippen molar-refractivity contribution in [1.29, 1.82) is 0 Å². The van der Waals surface area contributed by atoms with Gasteiger partial charge in [-0.1, -0.05) is 6.92 Å². The Morgan fingerprint density at radius 2 is 2.40 bits per heavy atom. The van der Waals surface area contributed by atoms with Crippen LogP contribution in [0.5, 0.6) is 0 Å². The SMILES string of the molecule is CCc1ccc(C(=O)Cn2ccnc2)s1. The second-order valence-electron chi connectivity index (χ2n) is 3.28. The van der Waals surface area contributed by atoms with Crippen LogP contribution in [0.2, 0.25) is 0 Å². The number of thiophene rings is 1. The fourth-order valence-electron chi connectivity index (χ4n) is 1.34. The number of rotatable bonds is 4. The van der Waals surface area contributed by atoms with Gasteiger partial charge in [-0.25, -0.2) is 4.98 Å². The quantitative estimate of drug-likeness (QED) is 0.741. The molecule has 0 fully saturated rings. The predicted octanol–water partition coefficient (Wildman–Crippen LogP) is 2.39. The topological polar surface area (TPSA) is 34.9 Å². The predicted molar refractivity (Wildman–Crippen MR) is 60.3 cm³/mol. The largest absolute Gasteiger partial charge is 0.330 e. The molecule has 0 unspecified atom stereocenters. The lowest BCUT2D eigenvalue weighted by molar-refractivity contribution is 0.0976. The number of nitrogens with zero attached hydrogens (tertiary/aromatic N) is 2. The van der Waals surface area contributed by atoms with Crippen molar-refractivity contribution in [2.45, 2.75) is 19.9 Å². The number of aromatic nitrogens is 2. The minimum atomic E-state index is 0.151. The van der Waals surface area contributed by atoms with Crippen LogP contribution >= 0.6 is 11.3 Å². The van der Waals surface area contributed by atoms with Gasteiger partial charge < -0.3 is 4.57 Å². The summed E-state index contributed by atoms with van der Waals surface area (Å²) < 4.78 is 1.79. The highest BCUT2D eigenvalue weighted by Gasteiger charge is 2.08. The average Bonchev–Trinajstić information content (AvgIpc) is 2.86. The number of carbonyl (C=O) groups is 1. The van der Waals surface area contributed by atoms with Gasteiger partial charge in [-0.3, -0.25) is 4.79 Å². The zero-order chi connectivity index (χ0) is 10.7. The van der Waals surface area contributed by atoms with Crippen molar-refractivity contribution >= 4 is 17.1 Å². The zero-order valence-electron chi connectivity index (χ0n) is 8.51.